The summed E-state index contributed by atoms with van der Waals surface area (Å²) in [6.07, 6.45) is -2.36. The van der Waals surface area contributed by atoms with E-state index >= 15 is 0 Å². The molecule has 0 saturated carbocycles. The minimum atomic E-state index is -2.66. The third-order valence-corrected chi connectivity index (χ3v) is 2.32. The van der Waals surface area contributed by atoms with Crippen molar-refractivity contribution >= 4 is 17.6 Å². The van der Waals surface area contributed by atoms with E-state index < -0.39 is 19.0 Å². The Balaban J connectivity index is 3.06. The minimum Gasteiger partial charge on any atom is -0.472 e. The van der Waals surface area contributed by atoms with Crippen molar-refractivity contribution in [3.8, 4) is 5.88 Å². The van der Waals surface area contributed by atoms with Crippen LogP contribution in [0.2, 0.25) is 5.15 Å². The Morgan fingerprint density at radius 1 is 1.56 bits per heavy atom. The van der Waals surface area contributed by atoms with Crippen LogP contribution in [0.5, 0.6) is 5.88 Å². The lowest BCUT2D eigenvalue weighted by atomic mass is 10.1. The Bertz CT molecular complexity index is 443. The lowest BCUT2D eigenvalue weighted by Gasteiger charge is -2.10. The third kappa shape index (κ3) is 3.49. The molecular formula is C10H9ClF3NO3. The van der Waals surface area contributed by atoms with Crippen LogP contribution in [0.15, 0.2) is 6.07 Å². The van der Waals surface area contributed by atoms with Gasteiger partial charge < -0.3 is 4.74 Å². The summed E-state index contributed by atoms with van der Waals surface area (Å²) in [6, 6.07) is 1.24. The highest BCUT2D eigenvalue weighted by Crippen LogP contribution is 2.24. The molecule has 4 nitrogen and oxygen atoms in total. The van der Waals surface area contributed by atoms with Gasteiger partial charge >= 0.3 is 5.97 Å². The topological polar surface area (TPSA) is 48.4 Å². The predicted molar refractivity (Wildman–Crippen MR) is 56.6 cm³/mol. The predicted octanol–water partition coefficient (Wildman–Crippen LogP) is 2.98. The molecule has 0 atom stereocenters. The zero-order chi connectivity index (χ0) is 13.7. The lowest BCUT2D eigenvalue weighted by molar-refractivity contribution is -0.0789. The second-order valence-electron chi connectivity index (χ2n) is 3.21. The summed E-state index contributed by atoms with van der Waals surface area (Å²) in [5.41, 5.74) is 0.0491. The summed E-state index contributed by atoms with van der Waals surface area (Å²) < 4.78 is 40.4. The summed E-state index contributed by atoms with van der Waals surface area (Å²) in [5, 5.41) is -0.360. The molecule has 0 amide bonds. The van der Waals surface area contributed by atoms with E-state index in [9.17, 15) is 18.1 Å². The molecule has 18 heavy (non-hydrogen) atoms. The van der Waals surface area contributed by atoms with Crippen LogP contribution in [-0.2, 0) is 11.4 Å². The first kappa shape index (κ1) is 14.6. The van der Waals surface area contributed by atoms with E-state index in [0.717, 1.165) is 0 Å². The van der Waals surface area contributed by atoms with E-state index in [2.05, 4.69) is 14.7 Å². The van der Waals surface area contributed by atoms with Crippen molar-refractivity contribution < 1.29 is 27.8 Å². The van der Waals surface area contributed by atoms with Crippen molar-refractivity contribution in [3.05, 3.63) is 22.3 Å². The number of hydrogen-bond donors (Lipinski definition) is 0. The van der Waals surface area contributed by atoms with Gasteiger partial charge in [-0.15, -0.1) is 0 Å². The molecule has 0 spiro atoms. The van der Waals surface area contributed by atoms with Crippen LogP contribution in [0.25, 0.3) is 0 Å². The number of carbonyl (C=O) groups excluding carboxylic acids is 1. The van der Waals surface area contributed by atoms with Crippen LogP contribution in [0.3, 0.4) is 0 Å². The molecule has 0 N–H and O–H groups in total. The number of pyridine rings is 1. The zero-order valence-corrected chi connectivity index (χ0v) is 10.0. The van der Waals surface area contributed by atoms with Crippen LogP contribution in [-0.4, -0.2) is 24.0 Å². The minimum absolute atomic E-state index is 0.160. The number of ether oxygens (including phenoxy) is 1. The molecule has 0 aliphatic carbocycles. The van der Waals surface area contributed by atoms with Crippen LogP contribution in [0.4, 0.5) is 13.3 Å². The fraction of sp³-hybridized carbons (Fsp3) is 0.400. The van der Waals surface area contributed by atoms with Crippen LogP contribution < -0.4 is 4.74 Å². The van der Waals surface area contributed by atoms with Gasteiger partial charge in [0, 0.05) is 10.6 Å². The SMILES string of the molecule is CCc1cc(OCC(F)F)nc(Cl)c1C(=O)OF. The largest absolute Gasteiger partial charge is 0.472 e. The number of rotatable bonds is 5. The molecule has 1 aromatic rings. The fourth-order valence-electron chi connectivity index (χ4n) is 1.29. The van der Waals surface area contributed by atoms with E-state index in [1.54, 1.807) is 6.92 Å². The van der Waals surface area contributed by atoms with Crippen molar-refractivity contribution in [2.45, 2.75) is 19.8 Å². The van der Waals surface area contributed by atoms with Gasteiger partial charge in [-0.3, -0.25) is 0 Å². The second-order valence-corrected chi connectivity index (χ2v) is 3.56. The fourth-order valence-corrected chi connectivity index (χ4v) is 1.58. The maximum Gasteiger partial charge on any atom is 0.382 e. The van der Waals surface area contributed by atoms with Crippen molar-refractivity contribution in [1.29, 1.82) is 0 Å². The van der Waals surface area contributed by atoms with E-state index in [0.29, 0.717) is 12.0 Å². The standard InChI is InChI=1S/C10H9ClF3NO3/c1-2-5-3-7(17-4-6(12)13)15-9(11)8(5)10(16)18-14/h3,6H,2,4H2,1H3. The molecule has 8 heteroatoms. The summed E-state index contributed by atoms with van der Waals surface area (Å²) in [7, 11) is 0. The van der Waals surface area contributed by atoms with Gasteiger partial charge in [0.25, 0.3) is 6.43 Å². The first-order valence-corrected chi connectivity index (χ1v) is 5.30. The number of halogens is 4. The Morgan fingerprint density at radius 3 is 2.72 bits per heavy atom. The van der Waals surface area contributed by atoms with E-state index in [1.807, 2.05) is 0 Å². The molecule has 0 unspecified atom stereocenters. The van der Waals surface area contributed by atoms with Gasteiger partial charge in [0.2, 0.25) is 5.88 Å². The monoisotopic (exact) mass is 283 g/mol. The molecule has 100 valence electrons. The zero-order valence-electron chi connectivity index (χ0n) is 9.25. The average Bonchev–Trinajstić information content (AvgIpc) is 2.34. The number of carbonyl (C=O) groups is 1. The van der Waals surface area contributed by atoms with Gasteiger partial charge in [-0.1, -0.05) is 18.5 Å². The van der Waals surface area contributed by atoms with Crippen molar-refractivity contribution in [3.63, 3.8) is 0 Å². The van der Waals surface area contributed by atoms with Crippen molar-refractivity contribution in [2.75, 3.05) is 6.61 Å². The number of alkyl halides is 2. The molecule has 1 rings (SSSR count). The first-order valence-electron chi connectivity index (χ1n) is 4.92. The van der Waals surface area contributed by atoms with E-state index in [-0.39, 0.29) is 16.6 Å². The molecule has 0 aliphatic heterocycles. The maximum absolute atomic E-state index is 12.0. The molecule has 0 bridgehead atoms. The Hall–Kier alpha value is -1.50. The molecule has 1 aromatic heterocycles. The Morgan fingerprint density at radius 2 is 2.22 bits per heavy atom. The highest BCUT2D eigenvalue weighted by Gasteiger charge is 2.20. The molecule has 0 aliphatic rings. The third-order valence-electron chi connectivity index (χ3n) is 2.05. The van der Waals surface area contributed by atoms with E-state index in [4.69, 9.17) is 11.6 Å². The van der Waals surface area contributed by atoms with Crippen molar-refractivity contribution in [1.82, 2.24) is 4.98 Å². The molecular weight excluding hydrogens is 275 g/mol. The first-order chi connectivity index (χ1) is 8.49. The normalized spacial score (nSPS) is 10.6. The molecule has 1 heterocycles. The number of aromatic nitrogens is 1. The smallest absolute Gasteiger partial charge is 0.382 e. The van der Waals surface area contributed by atoms with Gasteiger partial charge in [0.1, 0.15) is 10.7 Å². The molecule has 0 aromatic carbocycles. The highest BCUT2D eigenvalue weighted by molar-refractivity contribution is 6.32. The Kier molecular flexibility index (Phi) is 5.21. The van der Waals surface area contributed by atoms with Crippen LogP contribution >= 0.6 is 11.6 Å². The number of aryl methyl sites for hydroxylation is 1. The van der Waals surface area contributed by atoms with Gasteiger partial charge in [0.15, 0.2) is 6.61 Å². The summed E-state index contributed by atoms with van der Waals surface area (Å²) >= 11 is 5.66. The highest BCUT2D eigenvalue weighted by atomic mass is 35.5. The van der Waals surface area contributed by atoms with Crippen LogP contribution in [0, 0.1) is 0 Å². The average molecular weight is 284 g/mol. The molecule has 0 saturated heterocycles. The summed E-state index contributed by atoms with van der Waals surface area (Å²) in [4.78, 5) is 17.7. The van der Waals surface area contributed by atoms with E-state index in [1.165, 1.54) is 6.07 Å². The van der Waals surface area contributed by atoms with Crippen LogP contribution in [0.1, 0.15) is 22.8 Å². The summed E-state index contributed by atoms with van der Waals surface area (Å²) in [6.45, 7) is 0.816. The van der Waals surface area contributed by atoms with Gasteiger partial charge in [-0.05, 0) is 12.0 Å². The molecule has 0 radical (unpaired) electrons. The van der Waals surface area contributed by atoms with Crippen molar-refractivity contribution in [2.24, 2.45) is 0 Å². The second kappa shape index (κ2) is 6.44. The van der Waals surface area contributed by atoms with Gasteiger partial charge in [-0.2, -0.15) is 0 Å². The quantitative estimate of drug-likeness (QED) is 0.780. The van der Waals surface area contributed by atoms with Gasteiger partial charge in [-0.25, -0.2) is 23.5 Å². The molecule has 0 fully saturated rings. The lowest BCUT2D eigenvalue weighted by Crippen LogP contribution is -2.11. The van der Waals surface area contributed by atoms with Gasteiger partial charge in [0.05, 0.1) is 0 Å². The summed E-state index contributed by atoms with van der Waals surface area (Å²) in [5.74, 6) is -1.45. The maximum atomic E-state index is 12.0. The number of nitrogens with zero attached hydrogens (tertiary/aromatic N) is 1. The Labute approximate surface area is 106 Å². The number of hydrogen-bond acceptors (Lipinski definition) is 4.